The summed E-state index contributed by atoms with van der Waals surface area (Å²) in [5.74, 6) is -1.10. The number of rotatable bonds is 6. The molecular weight excluding hydrogens is 493 g/mol. The first kappa shape index (κ1) is 24.8. The molecule has 0 atom stereocenters. The molecule has 0 bridgehead atoms. The van der Waals surface area contributed by atoms with Crippen molar-refractivity contribution in [3.63, 3.8) is 0 Å². The fourth-order valence-corrected chi connectivity index (χ4v) is 4.38. The molecule has 38 heavy (non-hydrogen) atoms. The molecule has 0 aliphatic rings. The van der Waals surface area contributed by atoms with E-state index < -0.39 is 23.6 Å². The van der Waals surface area contributed by atoms with E-state index in [-0.39, 0.29) is 17.8 Å². The van der Waals surface area contributed by atoms with Crippen LogP contribution in [-0.2, 0) is 6.54 Å². The molecule has 0 aliphatic carbocycles. The Morgan fingerprint density at radius 1 is 0.789 bits per heavy atom. The SMILES string of the molecule is O=C(Nc1ccc(OC(F)(F)F)cc1)c1c(-c2ccccc2)c2ccccc2n(Cc2ccccc2)c1=O. The van der Waals surface area contributed by atoms with Gasteiger partial charge in [0.25, 0.3) is 11.5 Å². The number of anilines is 1. The third-order valence-corrected chi connectivity index (χ3v) is 5.99. The lowest BCUT2D eigenvalue weighted by Gasteiger charge is -2.18. The first-order valence-electron chi connectivity index (χ1n) is 11.7. The molecule has 5 aromatic rings. The third kappa shape index (κ3) is 5.29. The van der Waals surface area contributed by atoms with Crippen LogP contribution < -0.4 is 15.6 Å². The quantitative estimate of drug-likeness (QED) is 0.269. The number of carbonyl (C=O) groups is 1. The predicted molar refractivity (Wildman–Crippen MR) is 140 cm³/mol. The van der Waals surface area contributed by atoms with E-state index in [2.05, 4.69) is 10.1 Å². The molecule has 4 aromatic carbocycles. The lowest BCUT2D eigenvalue weighted by Crippen LogP contribution is -2.31. The smallest absolute Gasteiger partial charge is 0.406 e. The summed E-state index contributed by atoms with van der Waals surface area (Å²) >= 11 is 0. The number of fused-ring (bicyclic) bond motifs is 1. The summed E-state index contributed by atoms with van der Waals surface area (Å²) in [5.41, 5.74) is 2.38. The van der Waals surface area contributed by atoms with E-state index in [1.165, 1.54) is 12.1 Å². The zero-order chi connectivity index (χ0) is 26.7. The molecule has 0 saturated heterocycles. The van der Waals surface area contributed by atoms with E-state index in [1.54, 1.807) is 4.57 Å². The van der Waals surface area contributed by atoms with E-state index in [0.29, 0.717) is 22.0 Å². The maximum Gasteiger partial charge on any atom is 0.573 e. The second-order valence-corrected chi connectivity index (χ2v) is 8.54. The Bertz CT molecular complexity index is 1650. The van der Waals surface area contributed by atoms with Crippen molar-refractivity contribution in [1.29, 1.82) is 0 Å². The maximum atomic E-state index is 14.0. The van der Waals surface area contributed by atoms with Gasteiger partial charge in [-0.2, -0.15) is 0 Å². The Kier molecular flexibility index (Phi) is 6.70. The normalized spacial score (nSPS) is 11.3. The first-order chi connectivity index (χ1) is 18.3. The van der Waals surface area contributed by atoms with Gasteiger partial charge >= 0.3 is 6.36 Å². The van der Waals surface area contributed by atoms with Crippen LogP contribution in [0.3, 0.4) is 0 Å². The molecule has 8 heteroatoms. The van der Waals surface area contributed by atoms with E-state index in [1.807, 2.05) is 84.9 Å². The monoisotopic (exact) mass is 514 g/mol. The molecule has 190 valence electrons. The van der Waals surface area contributed by atoms with Crippen LogP contribution in [0.1, 0.15) is 15.9 Å². The molecule has 5 rings (SSSR count). The van der Waals surface area contributed by atoms with E-state index in [9.17, 15) is 22.8 Å². The van der Waals surface area contributed by atoms with E-state index >= 15 is 0 Å². The summed E-state index contributed by atoms with van der Waals surface area (Å²) in [7, 11) is 0. The van der Waals surface area contributed by atoms with Gasteiger partial charge < -0.3 is 14.6 Å². The van der Waals surface area contributed by atoms with Gasteiger partial charge in [0.1, 0.15) is 11.3 Å². The van der Waals surface area contributed by atoms with Gasteiger partial charge in [-0.15, -0.1) is 13.2 Å². The van der Waals surface area contributed by atoms with E-state index in [0.717, 1.165) is 17.7 Å². The lowest BCUT2D eigenvalue weighted by atomic mass is 9.95. The van der Waals surface area contributed by atoms with Crippen LogP contribution in [0.4, 0.5) is 18.9 Å². The molecule has 0 aliphatic heterocycles. The molecule has 1 heterocycles. The van der Waals surface area contributed by atoms with Crippen molar-refractivity contribution in [2.45, 2.75) is 12.9 Å². The topological polar surface area (TPSA) is 60.3 Å². The average Bonchev–Trinajstić information content (AvgIpc) is 2.91. The number of para-hydroxylation sites is 1. The number of nitrogens with one attached hydrogen (secondary N) is 1. The highest BCUT2D eigenvalue weighted by Gasteiger charge is 2.31. The molecule has 0 radical (unpaired) electrons. The van der Waals surface area contributed by atoms with Gasteiger partial charge in [0, 0.05) is 16.6 Å². The number of halogens is 3. The van der Waals surface area contributed by atoms with Gasteiger partial charge in [-0.3, -0.25) is 9.59 Å². The van der Waals surface area contributed by atoms with Crippen LogP contribution in [0.25, 0.3) is 22.0 Å². The van der Waals surface area contributed by atoms with Crippen molar-refractivity contribution in [1.82, 2.24) is 4.57 Å². The standard InChI is InChI=1S/C30H21F3N2O3/c31-30(32,33)38-23-17-15-22(16-18-23)34-28(36)27-26(21-11-5-2-6-12-21)24-13-7-8-14-25(24)35(29(27)37)19-20-9-3-1-4-10-20/h1-18H,19H2,(H,34,36). The minimum Gasteiger partial charge on any atom is -0.406 e. The summed E-state index contributed by atoms with van der Waals surface area (Å²) in [5, 5.41) is 3.38. The van der Waals surface area contributed by atoms with Crippen LogP contribution in [0.2, 0.25) is 0 Å². The maximum absolute atomic E-state index is 14.0. The summed E-state index contributed by atoms with van der Waals surface area (Å²) in [4.78, 5) is 27.6. The van der Waals surface area contributed by atoms with E-state index in [4.69, 9.17) is 0 Å². The Labute approximate surface area is 215 Å². The van der Waals surface area contributed by atoms with Crippen molar-refractivity contribution in [2.24, 2.45) is 0 Å². The van der Waals surface area contributed by atoms with Crippen LogP contribution in [0, 0.1) is 0 Å². The lowest BCUT2D eigenvalue weighted by molar-refractivity contribution is -0.274. The number of carbonyl (C=O) groups excluding carboxylic acids is 1. The highest BCUT2D eigenvalue weighted by atomic mass is 19.4. The van der Waals surface area contributed by atoms with Crippen molar-refractivity contribution < 1.29 is 22.7 Å². The second kappa shape index (κ2) is 10.3. The van der Waals surface area contributed by atoms with Gasteiger partial charge in [-0.1, -0.05) is 78.9 Å². The third-order valence-electron chi connectivity index (χ3n) is 5.99. The zero-order valence-electron chi connectivity index (χ0n) is 19.9. The minimum absolute atomic E-state index is 0.0681. The molecule has 1 amide bonds. The summed E-state index contributed by atoms with van der Waals surface area (Å²) in [6.07, 6.45) is -4.83. The second-order valence-electron chi connectivity index (χ2n) is 8.54. The largest absolute Gasteiger partial charge is 0.573 e. The predicted octanol–water partition coefficient (Wildman–Crippen LogP) is 6.87. The number of hydrogen-bond donors (Lipinski definition) is 1. The number of benzene rings is 4. The summed E-state index contributed by atoms with van der Waals surface area (Å²) < 4.78 is 43.0. The highest BCUT2D eigenvalue weighted by Crippen LogP contribution is 2.32. The van der Waals surface area contributed by atoms with Crippen LogP contribution >= 0.6 is 0 Å². The van der Waals surface area contributed by atoms with Gasteiger partial charge in [0.15, 0.2) is 0 Å². The summed E-state index contributed by atoms with van der Waals surface area (Å²) in [6.45, 7) is 0.249. The Balaban J connectivity index is 1.64. The Hall–Kier alpha value is -4.85. The molecule has 0 spiro atoms. The number of alkyl halides is 3. The van der Waals surface area contributed by atoms with Crippen LogP contribution in [0.15, 0.2) is 114 Å². The van der Waals surface area contributed by atoms with Gasteiger partial charge in [0.2, 0.25) is 0 Å². The number of hydrogen-bond acceptors (Lipinski definition) is 3. The molecule has 5 nitrogen and oxygen atoms in total. The number of ether oxygens (including phenoxy) is 1. The number of aromatic nitrogens is 1. The van der Waals surface area contributed by atoms with Gasteiger partial charge in [-0.05, 0) is 41.5 Å². The summed E-state index contributed by atoms with van der Waals surface area (Å²) in [6, 6.07) is 30.7. The zero-order valence-corrected chi connectivity index (χ0v) is 19.9. The van der Waals surface area contributed by atoms with Gasteiger partial charge in [0.05, 0.1) is 12.1 Å². The molecular formula is C30H21F3N2O3. The highest BCUT2D eigenvalue weighted by molar-refractivity contribution is 6.13. The molecule has 1 N–H and O–H groups in total. The Morgan fingerprint density at radius 2 is 1.39 bits per heavy atom. The fraction of sp³-hybridized carbons (Fsp3) is 0.0667. The minimum atomic E-state index is -4.83. The van der Waals surface area contributed by atoms with Gasteiger partial charge in [-0.25, -0.2) is 0 Å². The Morgan fingerprint density at radius 3 is 2.05 bits per heavy atom. The van der Waals surface area contributed by atoms with Crippen molar-refractivity contribution in [3.8, 4) is 16.9 Å². The van der Waals surface area contributed by atoms with Crippen molar-refractivity contribution in [2.75, 3.05) is 5.32 Å². The molecule has 0 saturated carbocycles. The van der Waals surface area contributed by atoms with Crippen LogP contribution in [-0.4, -0.2) is 16.8 Å². The average molecular weight is 515 g/mol. The number of nitrogens with zero attached hydrogens (tertiary/aromatic N) is 1. The van der Waals surface area contributed by atoms with Crippen molar-refractivity contribution in [3.05, 3.63) is 131 Å². The number of pyridine rings is 1. The number of amides is 1. The molecule has 1 aromatic heterocycles. The fourth-order valence-electron chi connectivity index (χ4n) is 4.38. The van der Waals surface area contributed by atoms with Crippen molar-refractivity contribution >= 4 is 22.5 Å². The molecule has 0 fully saturated rings. The molecule has 0 unspecified atom stereocenters. The first-order valence-corrected chi connectivity index (χ1v) is 11.7. The van der Waals surface area contributed by atoms with Crippen LogP contribution in [0.5, 0.6) is 5.75 Å².